The van der Waals surface area contributed by atoms with Crippen LogP contribution >= 0.6 is 0 Å². The molecule has 0 N–H and O–H groups in total. The van der Waals surface area contributed by atoms with Crippen LogP contribution in [0.4, 0.5) is 0 Å². The summed E-state index contributed by atoms with van der Waals surface area (Å²) in [6.07, 6.45) is 3.87. The first-order chi connectivity index (χ1) is 12.3. The highest BCUT2D eigenvalue weighted by molar-refractivity contribution is 6.01. The number of hydrogen-bond acceptors (Lipinski definition) is 1. The van der Waals surface area contributed by atoms with Gasteiger partial charge in [-0.05, 0) is 61.0 Å². The highest BCUT2D eigenvalue weighted by Crippen LogP contribution is 2.37. The van der Waals surface area contributed by atoms with E-state index in [1.807, 2.05) is 0 Å². The summed E-state index contributed by atoms with van der Waals surface area (Å²) >= 11 is 0. The van der Waals surface area contributed by atoms with Crippen molar-refractivity contribution in [1.82, 2.24) is 0 Å². The van der Waals surface area contributed by atoms with Gasteiger partial charge in [0.2, 0.25) is 0 Å². The van der Waals surface area contributed by atoms with Crippen molar-refractivity contribution in [3.05, 3.63) is 71.2 Å². The summed E-state index contributed by atoms with van der Waals surface area (Å²) in [6, 6.07) is 7.13. The summed E-state index contributed by atoms with van der Waals surface area (Å²) < 4.78 is 44.5. The SMILES string of the molecule is [2H]C1([2H])[C](c2ccc(OC)cc2)CCC(=C2C=CC(=[O+]C)C=C2)C1([2H])[2H]. The first-order valence-electron chi connectivity index (χ1n) is 9.32. The molecule has 2 heteroatoms. The van der Waals surface area contributed by atoms with Crippen molar-refractivity contribution in [2.75, 3.05) is 14.2 Å². The van der Waals surface area contributed by atoms with Gasteiger partial charge < -0.3 is 4.74 Å². The first kappa shape index (κ1) is 10.6. The monoisotopic (exact) mass is 298 g/mol. The lowest BCUT2D eigenvalue weighted by Crippen LogP contribution is -2.09. The minimum absolute atomic E-state index is 0.472. The van der Waals surface area contributed by atoms with E-state index >= 15 is 0 Å². The van der Waals surface area contributed by atoms with Crippen LogP contribution in [0.1, 0.15) is 36.6 Å². The Balaban J connectivity index is 1.96. The molecule has 1 aromatic carbocycles. The van der Waals surface area contributed by atoms with Crippen LogP contribution < -0.4 is 4.74 Å². The van der Waals surface area contributed by atoms with E-state index in [2.05, 4.69) is 0 Å². The summed E-state index contributed by atoms with van der Waals surface area (Å²) in [5.41, 5.74) is 1.92. The van der Waals surface area contributed by atoms with Gasteiger partial charge in [0.05, 0.1) is 7.11 Å². The lowest BCUT2D eigenvalue weighted by Gasteiger charge is -2.25. The van der Waals surface area contributed by atoms with Crippen molar-refractivity contribution in [2.45, 2.75) is 25.6 Å². The van der Waals surface area contributed by atoms with Crippen molar-refractivity contribution in [3.8, 4) is 5.75 Å². The Labute approximate surface area is 138 Å². The van der Waals surface area contributed by atoms with E-state index in [1.165, 1.54) is 0 Å². The minimum atomic E-state index is -2.10. The number of rotatable bonds is 2. The van der Waals surface area contributed by atoms with E-state index in [9.17, 15) is 0 Å². The molecule has 22 heavy (non-hydrogen) atoms. The van der Waals surface area contributed by atoms with E-state index in [1.54, 1.807) is 62.8 Å². The van der Waals surface area contributed by atoms with Gasteiger partial charge in [0.25, 0.3) is 7.11 Å². The van der Waals surface area contributed by atoms with E-state index in [0.717, 1.165) is 0 Å². The molecule has 3 rings (SSSR count). The third kappa shape index (κ3) is 3.22. The normalized spacial score (nSPS) is 26.0. The molecule has 0 atom stereocenters. The summed E-state index contributed by atoms with van der Waals surface area (Å²) in [6.45, 7) is 0. The molecule has 0 aliphatic heterocycles. The summed E-state index contributed by atoms with van der Waals surface area (Å²) in [5, 5.41) is 0. The lowest BCUT2D eigenvalue weighted by atomic mass is 9.79. The fraction of sp³-hybridized carbons (Fsp3) is 0.300. The molecule has 0 bridgehead atoms. The number of ether oxygens (including phenoxy) is 1. The van der Waals surface area contributed by atoms with Crippen LogP contribution in [0.2, 0.25) is 0 Å². The first-order valence-corrected chi connectivity index (χ1v) is 7.32. The number of methoxy groups -OCH3 is 1. The molecule has 1 radical (unpaired) electrons. The standard InChI is InChI=1S/C20H22O2/c1-21-19-11-7-17(8-12-19)15-3-5-16(6-4-15)18-9-13-20(22-2)14-10-18/h7-14H,3-6H2,1-2H3/q+1/i3D2,5D2. The Morgan fingerprint density at radius 1 is 1.00 bits per heavy atom. The van der Waals surface area contributed by atoms with Gasteiger partial charge in [0.15, 0.2) is 0 Å². The van der Waals surface area contributed by atoms with Crippen LogP contribution in [0.5, 0.6) is 5.75 Å². The van der Waals surface area contributed by atoms with Gasteiger partial charge in [-0.2, -0.15) is 0 Å². The maximum absolute atomic E-state index is 8.56. The minimum Gasteiger partial charge on any atom is -0.497 e. The molecule has 0 saturated heterocycles. The molecule has 1 fully saturated rings. The predicted octanol–water partition coefficient (Wildman–Crippen LogP) is 4.35. The van der Waals surface area contributed by atoms with Gasteiger partial charge in [-0.3, -0.25) is 4.42 Å². The van der Waals surface area contributed by atoms with Crippen LogP contribution in [0, 0.1) is 5.92 Å². The third-order valence-electron chi connectivity index (χ3n) is 3.87. The third-order valence-corrected chi connectivity index (χ3v) is 3.87. The zero-order chi connectivity index (χ0) is 18.9. The zero-order valence-electron chi connectivity index (χ0n) is 16.8. The van der Waals surface area contributed by atoms with Crippen molar-refractivity contribution in [2.24, 2.45) is 0 Å². The van der Waals surface area contributed by atoms with Crippen molar-refractivity contribution in [3.63, 3.8) is 0 Å². The fourth-order valence-corrected chi connectivity index (χ4v) is 2.54. The molecule has 0 amide bonds. The van der Waals surface area contributed by atoms with Crippen molar-refractivity contribution >= 4 is 5.78 Å². The smallest absolute Gasteiger partial charge is 0.343 e. The number of ketones is 1. The maximum atomic E-state index is 8.56. The zero-order valence-corrected chi connectivity index (χ0v) is 12.8. The molecule has 0 unspecified atom stereocenters. The number of hydrogen-bond donors (Lipinski definition) is 0. The van der Waals surface area contributed by atoms with Gasteiger partial charge in [0.1, 0.15) is 5.75 Å². The maximum Gasteiger partial charge on any atom is 0.343 e. The van der Waals surface area contributed by atoms with Crippen molar-refractivity contribution < 1.29 is 14.6 Å². The quantitative estimate of drug-likeness (QED) is 0.743. The molecule has 113 valence electrons. The topological polar surface area (TPSA) is 20.5 Å². The van der Waals surface area contributed by atoms with E-state index in [4.69, 9.17) is 14.6 Å². The molecular formula is C20H22O2+. The lowest BCUT2D eigenvalue weighted by molar-refractivity contribution is -0.417. The number of carbonyl (C=O) groups excluding carboxylic acids is 1. The van der Waals surface area contributed by atoms with Crippen LogP contribution in [-0.2, 0) is 4.42 Å². The molecule has 1 aromatic rings. The second-order valence-electron chi connectivity index (χ2n) is 5.16. The summed E-state index contributed by atoms with van der Waals surface area (Å²) in [7, 11) is 3.16. The van der Waals surface area contributed by atoms with E-state index in [0.29, 0.717) is 47.0 Å². The van der Waals surface area contributed by atoms with Gasteiger partial charge >= 0.3 is 5.78 Å². The van der Waals surface area contributed by atoms with Crippen LogP contribution in [0.15, 0.2) is 59.7 Å². The molecule has 2 aliphatic rings. The van der Waals surface area contributed by atoms with Crippen molar-refractivity contribution in [1.29, 1.82) is 0 Å². The summed E-state index contributed by atoms with van der Waals surface area (Å²) in [5.74, 6) is 1.88. The van der Waals surface area contributed by atoms with Crippen LogP contribution in [0.3, 0.4) is 0 Å². The van der Waals surface area contributed by atoms with Gasteiger partial charge in [-0.25, -0.2) is 0 Å². The fourth-order valence-electron chi connectivity index (χ4n) is 2.54. The molecule has 0 heterocycles. The Bertz CT molecular complexity index is 784. The number of benzene rings is 1. The second-order valence-corrected chi connectivity index (χ2v) is 5.16. The Kier molecular flexibility index (Phi) is 3.27. The molecule has 0 aromatic heterocycles. The Morgan fingerprint density at radius 3 is 2.36 bits per heavy atom. The molecule has 0 spiro atoms. The van der Waals surface area contributed by atoms with Gasteiger partial charge in [0, 0.05) is 23.6 Å². The molecule has 1 saturated carbocycles. The predicted molar refractivity (Wildman–Crippen MR) is 90.0 cm³/mol. The molecular weight excluding hydrogens is 272 g/mol. The average Bonchev–Trinajstić information content (AvgIpc) is 2.64. The summed E-state index contributed by atoms with van der Waals surface area (Å²) in [4.78, 5) is 0. The average molecular weight is 298 g/mol. The van der Waals surface area contributed by atoms with Gasteiger partial charge in [-0.15, -0.1) is 0 Å². The highest BCUT2D eigenvalue weighted by Gasteiger charge is 2.21. The molecule has 2 nitrogen and oxygen atoms in total. The van der Waals surface area contributed by atoms with Crippen LogP contribution in [-0.4, -0.2) is 20.0 Å². The molecule has 2 aliphatic carbocycles. The van der Waals surface area contributed by atoms with E-state index < -0.39 is 12.7 Å². The largest absolute Gasteiger partial charge is 0.497 e. The van der Waals surface area contributed by atoms with Crippen LogP contribution in [0.25, 0.3) is 0 Å². The Hall–Kier alpha value is -2.09. The van der Waals surface area contributed by atoms with Gasteiger partial charge in [-0.1, -0.05) is 17.7 Å². The Morgan fingerprint density at radius 2 is 1.73 bits per heavy atom. The van der Waals surface area contributed by atoms with E-state index in [-0.39, 0.29) is 0 Å². The number of allylic oxidation sites excluding steroid dienone is 6. The second kappa shape index (κ2) is 6.78. The highest BCUT2D eigenvalue weighted by atomic mass is 16.5.